The SMILES string of the molecule is N=c1n(CCN2CCCC2)c2ccccc2n1C[C@H](O)c1ccco1. The van der Waals surface area contributed by atoms with Crippen molar-refractivity contribution in [2.45, 2.75) is 32.0 Å². The lowest BCUT2D eigenvalue weighted by Crippen LogP contribution is -2.31. The molecule has 1 saturated heterocycles. The Morgan fingerprint density at radius 3 is 2.40 bits per heavy atom. The second-order valence-corrected chi connectivity index (χ2v) is 6.65. The smallest absolute Gasteiger partial charge is 0.203 e. The molecule has 1 atom stereocenters. The number of imidazole rings is 1. The highest BCUT2D eigenvalue weighted by Gasteiger charge is 2.18. The van der Waals surface area contributed by atoms with Crippen molar-refractivity contribution in [2.75, 3.05) is 19.6 Å². The van der Waals surface area contributed by atoms with Crippen LogP contribution in [0.1, 0.15) is 24.7 Å². The average molecular weight is 340 g/mol. The summed E-state index contributed by atoms with van der Waals surface area (Å²) in [6.07, 6.45) is 3.34. The third kappa shape index (κ3) is 3.15. The molecule has 3 heterocycles. The third-order valence-electron chi connectivity index (χ3n) is 5.04. The van der Waals surface area contributed by atoms with Crippen LogP contribution in [0.15, 0.2) is 47.1 Å². The molecule has 6 nitrogen and oxygen atoms in total. The van der Waals surface area contributed by atoms with Gasteiger partial charge in [-0.25, -0.2) is 0 Å². The third-order valence-corrected chi connectivity index (χ3v) is 5.04. The minimum atomic E-state index is -0.762. The molecule has 0 bridgehead atoms. The molecule has 0 unspecified atom stereocenters. The monoisotopic (exact) mass is 340 g/mol. The number of nitrogens with one attached hydrogen (secondary N) is 1. The first kappa shape index (κ1) is 16.2. The van der Waals surface area contributed by atoms with Crippen molar-refractivity contribution in [3.63, 3.8) is 0 Å². The standard InChI is InChI=1S/C19H24N4O2/c20-19-22(12-11-21-9-3-4-10-21)15-6-1-2-7-16(15)23(19)14-17(24)18-8-5-13-25-18/h1-2,5-8,13,17,20,24H,3-4,9-12,14H2/t17-/m0/s1. The van der Waals surface area contributed by atoms with E-state index in [1.54, 1.807) is 18.4 Å². The first-order valence-corrected chi connectivity index (χ1v) is 8.90. The number of nitrogens with zero attached hydrogens (tertiary/aromatic N) is 3. The molecule has 0 aliphatic carbocycles. The van der Waals surface area contributed by atoms with Gasteiger partial charge < -0.3 is 23.6 Å². The maximum Gasteiger partial charge on any atom is 0.203 e. The molecular weight excluding hydrogens is 316 g/mol. The Kier molecular flexibility index (Phi) is 4.46. The molecule has 1 aliphatic heterocycles. The molecule has 25 heavy (non-hydrogen) atoms. The molecule has 2 N–H and O–H groups in total. The van der Waals surface area contributed by atoms with Crippen LogP contribution in [0.25, 0.3) is 11.0 Å². The predicted octanol–water partition coefficient (Wildman–Crippen LogP) is 2.34. The van der Waals surface area contributed by atoms with Crippen LogP contribution in [0, 0.1) is 5.41 Å². The fraction of sp³-hybridized carbons (Fsp3) is 0.421. The lowest BCUT2D eigenvalue weighted by Gasteiger charge is -2.15. The van der Waals surface area contributed by atoms with Crippen molar-refractivity contribution in [1.82, 2.24) is 14.0 Å². The van der Waals surface area contributed by atoms with Crippen LogP contribution in [-0.2, 0) is 13.1 Å². The van der Waals surface area contributed by atoms with Gasteiger partial charge in [-0.05, 0) is 50.2 Å². The summed E-state index contributed by atoms with van der Waals surface area (Å²) in [5.74, 6) is 0.529. The number of rotatable bonds is 6. The highest BCUT2D eigenvalue weighted by molar-refractivity contribution is 5.75. The van der Waals surface area contributed by atoms with Crippen LogP contribution in [-0.4, -0.2) is 38.8 Å². The average Bonchev–Trinajstić information content (AvgIpc) is 3.36. The summed E-state index contributed by atoms with van der Waals surface area (Å²) in [6.45, 7) is 4.38. The number of para-hydroxylation sites is 2. The van der Waals surface area contributed by atoms with Gasteiger partial charge in [-0.3, -0.25) is 5.41 Å². The van der Waals surface area contributed by atoms with Gasteiger partial charge in [0.2, 0.25) is 5.62 Å². The molecule has 3 aromatic rings. The summed E-state index contributed by atoms with van der Waals surface area (Å²) < 4.78 is 9.21. The number of aromatic nitrogens is 2. The van der Waals surface area contributed by atoms with Gasteiger partial charge in [-0.2, -0.15) is 0 Å². The van der Waals surface area contributed by atoms with E-state index in [9.17, 15) is 5.11 Å². The van der Waals surface area contributed by atoms with E-state index >= 15 is 0 Å². The number of aliphatic hydroxyl groups excluding tert-OH is 1. The lowest BCUT2D eigenvalue weighted by molar-refractivity contribution is 0.129. The number of aliphatic hydroxyl groups is 1. The minimum absolute atomic E-state index is 0.309. The number of furan rings is 1. The highest BCUT2D eigenvalue weighted by atomic mass is 16.4. The molecule has 0 radical (unpaired) electrons. The fourth-order valence-corrected chi connectivity index (χ4v) is 3.70. The van der Waals surface area contributed by atoms with E-state index in [0.717, 1.165) is 37.2 Å². The molecule has 1 aromatic carbocycles. The summed E-state index contributed by atoms with van der Waals surface area (Å²) in [5, 5.41) is 19.1. The van der Waals surface area contributed by atoms with Crippen LogP contribution in [0.2, 0.25) is 0 Å². The number of benzene rings is 1. The van der Waals surface area contributed by atoms with Gasteiger partial charge in [-0.1, -0.05) is 12.1 Å². The maximum atomic E-state index is 10.4. The Balaban J connectivity index is 1.64. The van der Waals surface area contributed by atoms with E-state index in [1.165, 1.54) is 12.8 Å². The molecule has 132 valence electrons. The molecule has 2 aromatic heterocycles. The molecule has 1 fully saturated rings. The zero-order valence-electron chi connectivity index (χ0n) is 14.3. The number of likely N-dealkylation sites (tertiary alicyclic amines) is 1. The fourth-order valence-electron chi connectivity index (χ4n) is 3.70. The van der Waals surface area contributed by atoms with Crippen LogP contribution < -0.4 is 5.62 Å². The first-order chi connectivity index (χ1) is 12.2. The van der Waals surface area contributed by atoms with Crippen molar-refractivity contribution in [3.8, 4) is 0 Å². The second-order valence-electron chi connectivity index (χ2n) is 6.65. The molecule has 1 aliphatic rings. The normalized spacial score (nSPS) is 16.7. The molecule has 0 amide bonds. The molecule has 4 rings (SSSR count). The van der Waals surface area contributed by atoms with Crippen molar-refractivity contribution in [3.05, 3.63) is 54.0 Å². The Bertz CT molecular complexity index is 888. The first-order valence-electron chi connectivity index (χ1n) is 8.90. The molecular formula is C19H24N4O2. The Morgan fingerprint density at radius 2 is 1.72 bits per heavy atom. The van der Waals surface area contributed by atoms with Gasteiger partial charge in [0.1, 0.15) is 11.9 Å². The number of fused-ring (bicyclic) bond motifs is 1. The van der Waals surface area contributed by atoms with Crippen molar-refractivity contribution in [2.24, 2.45) is 0 Å². The topological polar surface area (TPSA) is 70.3 Å². The summed E-state index contributed by atoms with van der Waals surface area (Å²) in [6, 6.07) is 11.6. The summed E-state index contributed by atoms with van der Waals surface area (Å²) in [4.78, 5) is 2.45. The number of hydrogen-bond donors (Lipinski definition) is 2. The summed E-state index contributed by atoms with van der Waals surface area (Å²) >= 11 is 0. The van der Waals surface area contributed by atoms with Crippen LogP contribution in [0.5, 0.6) is 0 Å². The van der Waals surface area contributed by atoms with E-state index in [4.69, 9.17) is 9.83 Å². The van der Waals surface area contributed by atoms with E-state index in [-0.39, 0.29) is 0 Å². The zero-order valence-corrected chi connectivity index (χ0v) is 14.3. The summed E-state index contributed by atoms with van der Waals surface area (Å²) in [5.41, 5.74) is 2.43. The highest BCUT2D eigenvalue weighted by Crippen LogP contribution is 2.19. The van der Waals surface area contributed by atoms with Gasteiger partial charge in [0.25, 0.3) is 0 Å². The van der Waals surface area contributed by atoms with Gasteiger partial charge in [0.15, 0.2) is 0 Å². The Labute approximate surface area is 146 Å². The van der Waals surface area contributed by atoms with Crippen LogP contribution in [0.4, 0.5) is 0 Å². The minimum Gasteiger partial charge on any atom is -0.467 e. The maximum absolute atomic E-state index is 10.4. The van der Waals surface area contributed by atoms with Crippen molar-refractivity contribution < 1.29 is 9.52 Å². The molecule has 6 heteroatoms. The van der Waals surface area contributed by atoms with Crippen LogP contribution >= 0.6 is 0 Å². The van der Waals surface area contributed by atoms with E-state index in [1.807, 2.05) is 33.4 Å². The van der Waals surface area contributed by atoms with Crippen LogP contribution in [0.3, 0.4) is 0 Å². The zero-order chi connectivity index (χ0) is 17.2. The number of hydrogen-bond acceptors (Lipinski definition) is 4. The second kappa shape index (κ2) is 6.90. The van der Waals surface area contributed by atoms with E-state index < -0.39 is 6.10 Å². The van der Waals surface area contributed by atoms with Gasteiger partial charge >= 0.3 is 0 Å². The van der Waals surface area contributed by atoms with Gasteiger partial charge in [0.05, 0.1) is 23.8 Å². The summed E-state index contributed by atoms with van der Waals surface area (Å²) in [7, 11) is 0. The Hall–Kier alpha value is -2.31. The van der Waals surface area contributed by atoms with E-state index in [0.29, 0.717) is 17.9 Å². The largest absolute Gasteiger partial charge is 0.467 e. The lowest BCUT2D eigenvalue weighted by atomic mass is 10.2. The van der Waals surface area contributed by atoms with E-state index in [2.05, 4.69) is 4.90 Å². The quantitative estimate of drug-likeness (QED) is 0.724. The van der Waals surface area contributed by atoms with Gasteiger partial charge in [0, 0.05) is 13.1 Å². The molecule has 0 saturated carbocycles. The van der Waals surface area contributed by atoms with Crippen molar-refractivity contribution >= 4 is 11.0 Å². The Morgan fingerprint density at radius 1 is 1.00 bits per heavy atom. The van der Waals surface area contributed by atoms with Gasteiger partial charge in [-0.15, -0.1) is 0 Å². The molecule has 0 spiro atoms. The van der Waals surface area contributed by atoms with Crippen molar-refractivity contribution in [1.29, 1.82) is 5.41 Å². The predicted molar refractivity (Wildman–Crippen MR) is 95.1 cm³/mol.